The average Bonchev–Trinajstić information content (AvgIpc) is 1.64. The molecule has 0 aliphatic rings. The summed E-state index contributed by atoms with van der Waals surface area (Å²) in [5, 5.41) is 8.27. The molecule has 48 valence electrons. The van der Waals surface area contributed by atoms with Crippen LogP contribution in [0, 0.1) is 5.92 Å². The molecule has 8 heavy (non-hydrogen) atoms. The Bertz CT molecular complexity index is 90.4. The Kier molecular flexibility index (Phi) is 2.48. The van der Waals surface area contributed by atoms with Gasteiger partial charge in [0.25, 0.3) is 0 Å². The van der Waals surface area contributed by atoms with Gasteiger partial charge in [-0.2, -0.15) is 0 Å². The first-order valence-corrected chi connectivity index (χ1v) is 2.54. The normalized spacial score (nSPS) is 17.4. The molecule has 0 heterocycles. The number of nitrogens with two attached hydrogens (primary N) is 1. The van der Waals surface area contributed by atoms with Gasteiger partial charge in [0, 0.05) is 6.04 Å². The van der Waals surface area contributed by atoms with Gasteiger partial charge < -0.3 is 10.8 Å². The van der Waals surface area contributed by atoms with Gasteiger partial charge in [0.05, 0.1) is 5.92 Å². The zero-order chi connectivity index (χ0) is 6.73. The first kappa shape index (κ1) is 7.43. The predicted octanol–water partition coefficient (Wildman–Crippen LogP) is 0.0543. The molecule has 3 nitrogen and oxygen atoms in total. The van der Waals surface area contributed by atoms with Crippen molar-refractivity contribution in [2.75, 3.05) is 0 Å². The maximum absolute atomic E-state index is 10.1. The number of aliphatic carboxylic acids is 1. The Morgan fingerprint density at radius 1 is 1.62 bits per heavy atom. The fourth-order valence-corrected chi connectivity index (χ4v) is 0.225. The molecule has 3 N–H and O–H groups in total. The third-order valence-corrected chi connectivity index (χ3v) is 1.18. The molecule has 0 aromatic heterocycles. The van der Waals surface area contributed by atoms with Crippen molar-refractivity contribution < 1.29 is 9.90 Å². The molecule has 0 aliphatic carbocycles. The lowest BCUT2D eigenvalue weighted by molar-refractivity contribution is -0.141. The molecule has 0 unspecified atom stereocenters. The van der Waals surface area contributed by atoms with Crippen LogP contribution in [0.3, 0.4) is 0 Å². The molecule has 0 aromatic carbocycles. The molecular weight excluding hydrogens is 106 g/mol. The molecule has 0 aromatic rings. The van der Waals surface area contributed by atoms with Crippen LogP contribution < -0.4 is 5.73 Å². The molecular formula is C5H11NO2. The van der Waals surface area contributed by atoms with Crippen molar-refractivity contribution in [3.63, 3.8) is 0 Å². The van der Waals surface area contributed by atoms with E-state index in [4.69, 9.17) is 10.8 Å². The summed E-state index contributed by atoms with van der Waals surface area (Å²) < 4.78 is 0. The summed E-state index contributed by atoms with van der Waals surface area (Å²) in [6.45, 7) is 3.27. The Morgan fingerprint density at radius 2 is 2.00 bits per heavy atom. The molecule has 0 bridgehead atoms. The summed E-state index contributed by atoms with van der Waals surface area (Å²) >= 11 is 0. The van der Waals surface area contributed by atoms with E-state index in [1.807, 2.05) is 0 Å². The van der Waals surface area contributed by atoms with E-state index in [0.29, 0.717) is 0 Å². The molecule has 2 atom stereocenters. The third-order valence-electron chi connectivity index (χ3n) is 1.18. The molecule has 0 aliphatic heterocycles. The molecule has 0 rings (SSSR count). The van der Waals surface area contributed by atoms with E-state index >= 15 is 0 Å². The van der Waals surface area contributed by atoms with Crippen molar-refractivity contribution in [3.05, 3.63) is 0 Å². The second-order valence-electron chi connectivity index (χ2n) is 1.99. The van der Waals surface area contributed by atoms with Crippen molar-refractivity contribution in [1.82, 2.24) is 0 Å². The van der Waals surface area contributed by atoms with Crippen LogP contribution >= 0.6 is 0 Å². The highest BCUT2D eigenvalue weighted by atomic mass is 16.4. The molecule has 0 fully saturated rings. The minimum Gasteiger partial charge on any atom is -0.481 e. The predicted molar refractivity (Wildman–Crippen MR) is 30.4 cm³/mol. The quantitative estimate of drug-likeness (QED) is 0.537. The van der Waals surface area contributed by atoms with Crippen molar-refractivity contribution in [3.8, 4) is 0 Å². The van der Waals surface area contributed by atoms with E-state index in [-0.39, 0.29) is 6.04 Å². The largest absolute Gasteiger partial charge is 0.481 e. The highest BCUT2D eigenvalue weighted by molar-refractivity contribution is 5.70. The van der Waals surface area contributed by atoms with Crippen molar-refractivity contribution in [2.24, 2.45) is 11.7 Å². The SMILES string of the molecule is C[C@H](N)[C@H](C)C(=O)O. The fourth-order valence-electron chi connectivity index (χ4n) is 0.225. The van der Waals surface area contributed by atoms with Gasteiger partial charge in [-0.3, -0.25) is 4.79 Å². The number of rotatable bonds is 2. The van der Waals surface area contributed by atoms with Gasteiger partial charge in [-0.25, -0.2) is 0 Å². The Labute approximate surface area is 48.5 Å². The van der Waals surface area contributed by atoms with Gasteiger partial charge in [-0.05, 0) is 6.92 Å². The van der Waals surface area contributed by atoms with E-state index in [2.05, 4.69) is 0 Å². The van der Waals surface area contributed by atoms with Crippen LogP contribution in [0.5, 0.6) is 0 Å². The number of carboxylic acid groups (broad SMARTS) is 1. The van der Waals surface area contributed by atoms with Gasteiger partial charge in [0.1, 0.15) is 0 Å². The highest BCUT2D eigenvalue weighted by Gasteiger charge is 2.14. The van der Waals surface area contributed by atoms with E-state index in [0.717, 1.165) is 0 Å². The van der Waals surface area contributed by atoms with Crippen molar-refractivity contribution >= 4 is 5.97 Å². The van der Waals surface area contributed by atoms with Gasteiger partial charge in [0.15, 0.2) is 0 Å². The van der Waals surface area contributed by atoms with Crippen LogP contribution in [-0.2, 0) is 4.79 Å². The summed E-state index contributed by atoms with van der Waals surface area (Å²) in [5.41, 5.74) is 5.26. The number of hydrogen-bond donors (Lipinski definition) is 2. The third kappa shape index (κ3) is 1.93. The summed E-state index contributed by atoms with van der Waals surface area (Å²) in [6.07, 6.45) is 0. The van der Waals surface area contributed by atoms with Crippen molar-refractivity contribution in [1.29, 1.82) is 0 Å². The van der Waals surface area contributed by atoms with Crippen LogP contribution in [0.1, 0.15) is 13.8 Å². The Hall–Kier alpha value is -0.570. The van der Waals surface area contributed by atoms with Gasteiger partial charge >= 0.3 is 5.97 Å². The van der Waals surface area contributed by atoms with Gasteiger partial charge in [0.2, 0.25) is 0 Å². The molecule has 0 saturated heterocycles. The minimum absolute atomic E-state index is 0.257. The zero-order valence-electron chi connectivity index (χ0n) is 5.09. The van der Waals surface area contributed by atoms with E-state index in [1.165, 1.54) is 0 Å². The van der Waals surface area contributed by atoms with Crippen LogP contribution in [0.4, 0.5) is 0 Å². The van der Waals surface area contributed by atoms with E-state index in [1.54, 1.807) is 13.8 Å². The highest BCUT2D eigenvalue weighted by Crippen LogP contribution is 1.97. The summed E-state index contributed by atoms with van der Waals surface area (Å²) in [5.74, 6) is -1.27. The van der Waals surface area contributed by atoms with Crippen LogP contribution in [0.2, 0.25) is 0 Å². The first-order valence-electron chi connectivity index (χ1n) is 2.54. The summed E-state index contributed by atoms with van der Waals surface area (Å²) in [4.78, 5) is 10.1. The maximum Gasteiger partial charge on any atom is 0.307 e. The number of carbonyl (C=O) groups is 1. The summed E-state index contributed by atoms with van der Waals surface area (Å²) in [7, 11) is 0. The minimum atomic E-state index is -0.833. The monoisotopic (exact) mass is 117 g/mol. The second kappa shape index (κ2) is 2.67. The molecule has 0 saturated carbocycles. The van der Waals surface area contributed by atoms with Crippen molar-refractivity contribution in [2.45, 2.75) is 19.9 Å². The zero-order valence-corrected chi connectivity index (χ0v) is 5.09. The standard InChI is InChI=1S/C5H11NO2/c1-3(4(2)6)5(7)8/h3-4H,6H2,1-2H3,(H,7,8)/t3-,4-/m0/s1. The maximum atomic E-state index is 10.1. The lowest BCUT2D eigenvalue weighted by Crippen LogP contribution is -2.30. The molecule has 3 heteroatoms. The van der Waals surface area contributed by atoms with Crippen LogP contribution in [0.15, 0.2) is 0 Å². The molecule has 0 radical (unpaired) electrons. The lowest BCUT2D eigenvalue weighted by atomic mass is 10.1. The van der Waals surface area contributed by atoms with Gasteiger partial charge in [-0.1, -0.05) is 6.92 Å². The van der Waals surface area contributed by atoms with E-state index < -0.39 is 11.9 Å². The topological polar surface area (TPSA) is 63.3 Å². The summed E-state index contributed by atoms with van der Waals surface area (Å²) in [6, 6.07) is -0.257. The van der Waals surface area contributed by atoms with Crippen LogP contribution in [-0.4, -0.2) is 17.1 Å². The lowest BCUT2D eigenvalue weighted by Gasteiger charge is -2.07. The first-order chi connectivity index (χ1) is 3.55. The smallest absolute Gasteiger partial charge is 0.307 e. The second-order valence-corrected chi connectivity index (χ2v) is 1.99. The van der Waals surface area contributed by atoms with E-state index in [9.17, 15) is 4.79 Å². The Balaban J connectivity index is 3.64. The van der Waals surface area contributed by atoms with Crippen LogP contribution in [0.25, 0.3) is 0 Å². The molecule has 0 spiro atoms. The van der Waals surface area contributed by atoms with Gasteiger partial charge in [-0.15, -0.1) is 0 Å². The molecule has 0 amide bonds. The number of carboxylic acids is 1. The Morgan fingerprint density at radius 3 is 2.00 bits per heavy atom. The average molecular weight is 117 g/mol. The fraction of sp³-hybridized carbons (Fsp3) is 0.800. The number of hydrogen-bond acceptors (Lipinski definition) is 2.